The molecule has 0 saturated heterocycles. The van der Waals surface area contributed by atoms with Crippen molar-refractivity contribution in [2.24, 2.45) is 12.8 Å². The summed E-state index contributed by atoms with van der Waals surface area (Å²) < 4.78 is 1.98. The molecule has 0 spiro atoms. The zero-order chi connectivity index (χ0) is 23.1. The number of nitrogens with two attached hydrogens (primary N) is 1. The lowest BCUT2D eigenvalue weighted by Gasteiger charge is -2.27. The third-order valence-corrected chi connectivity index (χ3v) is 6.58. The van der Waals surface area contributed by atoms with Gasteiger partial charge < -0.3 is 11.1 Å². The van der Waals surface area contributed by atoms with Crippen LogP contribution in [0.15, 0.2) is 54.6 Å². The highest BCUT2D eigenvalue weighted by atomic mass is 15.6. The molecule has 1 saturated carbocycles. The molecule has 1 aliphatic rings. The average molecular weight is 454 g/mol. The number of aromatic nitrogens is 7. The van der Waals surface area contributed by atoms with Crippen LogP contribution in [0.2, 0.25) is 0 Å². The summed E-state index contributed by atoms with van der Waals surface area (Å²) in [5.41, 5.74) is 9.08. The standard InChI is InChI=1S/C25H27N9/c1-33-31-25(30-32-33)34-20-10-6-5-9-19(20)22-23(27-18-13-11-17(26)12-14-18)28-21(29-24(22)34)15-16-7-3-2-4-8-16/h2-10,17-18H,11-15,26H2,1H3,(H,27,28,29). The molecule has 1 fully saturated rings. The number of hydrogen-bond acceptors (Lipinski definition) is 7. The number of rotatable bonds is 5. The van der Waals surface area contributed by atoms with Gasteiger partial charge in [-0.15, -0.1) is 5.10 Å². The molecule has 0 aliphatic heterocycles. The van der Waals surface area contributed by atoms with E-state index in [1.807, 2.05) is 34.9 Å². The second-order valence-electron chi connectivity index (χ2n) is 9.04. The minimum Gasteiger partial charge on any atom is -0.367 e. The number of tetrazole rings is 1. The summed E-state index contributed by atoms with van der Waals surface area (Å²) in [4.78, 5) is 11.5. The summed E-state index contributed by atoms with van der Waals surface area (Å²) in [5.74, 6) is 2.10. The van der Waals surface area contributed by atoms with E-state index >= 15 is 0 Å². The smallest absolute Gasteiger partial charge is 0.276 e. The Kier molecular flexibility index (Phi) is 5.18. The van der Waals surface area contributed by atoms with Crippen molar-refractivity contribution in [3.8, 4) is 5.95 Å². The highest BCUT2D eigenvalue weighted by Gasteiger charge is 2.24. The molecular weight excluding hydrogens is 426 g/mol. The molecule has 0 amide bonds. The summed E-state index contributed by atoms with van der Waals surface area (Å²) in [6.07, 6.45) is 4.74. The maximum Gasteiger partial charge on any atom is 0.276 e. The molecule has 3 aromatic heterocycles. The largest absolute Gasteiger partial charge is 0.367 e. The molecule has 6 rings (SSSR count). The minimum absolute atomic E-state index is 0.293. The molecule has 1 aliphatic carbocycles. The molecule has 5 aromatic rings. The van der Waals surface area contributed by atoms with Gasteiger partial charge in [-0.1, -0.05) is 53.6 Å². The van der Waals surface area contributed by atoms with Gasteiger partial charge in [0, 0.05) is 23.9 Å². The van der Waals surface area contributed by atoms with E-state index < -0.39 is 0 Å². The van der Waals surface area contributed by atoms with Crippen LogP contribution in [0.5, 0.6) is 0 Å². The van der Waals surface area contributed by atoms with Crippen molar-refractivity contribution in [1.82, 2.24) is 34.7 Å². The Morgan fingerprint density at radius 1 is 0.971 bits per heavy atom. The molecule has 0 bridgehead atoms. The summed E-state index contributed by atoms with van der Waals surface area (Å²) >= 11 is 0. The number of hydrogen-bond donors (Lipinski definition) is 2. The van der Waals surface area contributed by atoms with E-state index in [2.05, 4.69) is 45.0 Å². The third-order valence-electron chi connectivity index (χ3n) is 6.58. The minimum atomic E-state index is 0.293. The van der Waals surface area contributed by atoms with Crippen molar-refractivity contribution in [1.29, 1.82) is 0 Å². The van der Waals surface area contributed by atoms with Gasteiger partial charge in [-0.05, 0) is 42.5 Å². The number of nitrogens with one attached hydrogen (secondary N) is 1. The van der Waals surface area contributed by atoms with Crippen molar-refractivity contribution in [3.05, 3.63) is 66.0 Å². The lowest BCUT2D eigenvalue weighted by molar-refractivity contribution is 0.410. The second-order valence-corrected chi connectivity index (χ2v) is 9.04. The quantitative estimate of drug-likeness (QED) is 0.419. The van der Waals surface area contributed by atoms with Gasteiger partial charge in [-0.25, -0.2) is 9.97 Å². The molecule has 3 N–H and O–H groups in total. The van der Waals surface area contributed by atoms with E-state index in [0.717, 1.165) is 64.8 Å². The van der Waals surface area contributed by atoms with Crippen molar-refractivity contribution >= 4 is 27.8 Å². The zero-order valence-electron chi connectivity index (χ0n) is 19.1. The monoisotopic (exact) mass is 453 g/mol. The molecule has 3 heterocycles. The first-order valence-corrected chi connectivity index (χ1v) is 11.8. The van der Waals surface area contributed by atoms with E-state index in [9.17, 15) is 0 Å². The number of para-hydroxylation sites is 1. The van der Waals surface area contributed by atoms with E-state index in [0.29, 0.717) is 24.5 Å². The van der Waals surface area contributed by atoms with Crippen LogP contribution >= 0.6 is 0 Å². The Labute approximate surface area is 197 Å². The Balaban J connectivity index is 1.56. The van der Waals surface area contributed by atoms with Crippen molar-refractivity contribution in [2.75, 3.05) is 5.32 Å². The van der Waals surface area contributed by atoms with Gasteiger partial charge in [0.2, 0.25) is 0 Å². The molecule has 0 atom stereocenters. The van der Waals surface area contributed by atoms with Crippen molar-refractivity contribution < 1.29 is 0 Å². The number of aryl methyl sites for hydroxylation is 1. The Hall–Kier alpha value is -3.85. The lowest BCUT2D eigenvalue weighted by atomic mass is 9.92. The SMILES string of the molecule is Cn1nnc(-n2c3ccccc3c3c(NC4CCC(N)CC4)nc(Cc4ccccc4)nc32)n1. The van der Waals surface area contributed by atoms with Crippen LogP contribution in [0.1, 0.15) is 37.1 Å². The molecule has 34 heavy (non-hydrogen) atoms. The van der Waals surface area contributed by atoms with Crippen LogP contribution in [0.25, 0.3) is 27.9 Å². The predicted octanol–water partition coefficient (Wildman–Crippen LogP) is 3.37. The van der Waals surface area contributed by atoms with E-state index in [4.69, 9.17) is 15.7 Å². The van der Waals surface area contributed by atoms with Gasteiger partial charge in [0.1, 0.15) is 11.6 Å². The third kappa shape index (κ3) is 3.77. The fraction of sp³-hybridized carbons (Fsp3) is 0.320. The zero-order valence-corrected chi connectivity index (χ0v) is 19.1. The molecule has 172 valence electrons. The maximum absolute atomic E-state index is 6.16. The number of nitrogens with zero attached hydrogens (tertiary/aromatic N) is 7. The van der Waals surface area contributed by atoms with Gasteiger partial charge in [0.15, 0.2) is 5.65 Å². The van der Waals surface area contributed by atoms with Gasteiger partial charge in [0.05, 0.1) is 18.0 Å². The Morgan fingerprint density at radius 2 is 1.74 bits per heavy atom. The van der Waals surface area contributed by atoms with Crippen LogP contribution in [0, 0.1) is 0 Å². The maximum atomic E-state index is 6.16. The molecular formula is C25H27N9. The first-order valence-electron chi connectivity index (χ1n) is 11.8. The highest BCUT2D eigenvalue weighted by molar-refractivity contribution is 6.12. The predicted molar refractivity (Wildman–Crippen MR) is 132 cm³/mol. The normalized spacial score (nSPS) is 18.5. The Morgan fingerprint density at radius 3 is 2.50 bits per heavy atom. The van der Waals surface area contributed by atoms with Crippen LogP contribution < -0.4 is 11.1 Å². The van der Waals surface area contributed by atoms with E-state index in [1.165, 1.54) is 4.80 Å². The molecule has 2 aromatic carbocycles. The molecule has 0 unspecified atom stereocenters. The summed E-state index contributed by atoms with van der Waals surface area (Å²) in [5, 5.41) is 18.6. The highest BCUT2D eigenvalue weighted by Crippen LogP contribution is 2.35. The Bertz CT molecular complexity index is 1450. The van der Waals surface area contributed by atoms with Gasteiger partial charge in [-0.2, -0.15) is 4.80 Å². The summed E-state index contributed by atoms with van der Waals surface area (Å²) in [7, 11) is 1.76. The fourth-order valence-electron chi connectivity index (χ4n) is 4.88. The summed E-state index contributed by atoms with van der Waals surface area (Å²) in [6, 6.07) is 19.1. The average Bonchev–Trinajstić information content (AvgIpc) is 3.42. The number of fused-ring (bicyclic) bond motifs is 3. The molecule has 9 nitrogen and oxygen atoms in total. The number of benzene rings is 2. The van der Waals surface area contributed by atoms with Crippen LogP contribution in [0.4, 0.5) is 5.82 Å². The van der Waals surface area contributed by atoms with Crippen LogP contribution in [0.3, 0.4) is 0 Å². The van der Waals surface area contributed by atoms with Crippen LogP contribution in [-0.4, -0.2) is 46.8 Å². The first kappa shape index (κ1) is 20.7. The van der Waals surface area contributed by atoms with Crippen molar-refractivity contribution in [3.63, 3.8) is 0 Å². The fourth-order valence-corrected chi connectivity index (χ4v) is 4.88. The number of anilines is 1. The molecule has 9 heteroatoms. The van der Waals surface area contributed by atoms with Crippen LogP contribution in [-0.2, 0) is 13.5 Å². The van der Waals surface area contributed by atoms with Gasteiger partial charge >= 0.3 is 0 Å². The van der Waals surface area contributed by atoms with Gasteiger partial charge in [-0.3, -0.25) is 4.57 Å². The summed E-state index contributed by atoms with van der Waals surface area (Å²) in [6.45, 7) is 0. The first-order chi connectivity index (χ1) is 16.7. The van der Waals surface area contributed by atoms with E-state index in [1.54, 1.807) is 7.05 Å². The van der Waals surface area contributed by atoms with Crippen molar-refractivity contribution in [2.45, 2.75) is 44.2 Å². The van der Waals surface area contributed by atoms with Gasteiger partial charge in [0.25, 0.3) is 5.95 Å². The topological polar surface area (TPSA) is 112 Å². The second kappa shape index (κ2) is 8.49. The lowest BCUT2D eigenvalue weighted by Crippen LogP contribution is -2.33. The van der Waals surface area contributed by atoms with E-state index in [-0.39, 0.29) is 0 Å². The molecule has 0 radical (unpaired) electrons.